The Bertz CT molecular complexity index is 955. The number of aryl methyl sites for hydroxylation is 2. The number of aromatic nitrogens is 1. The van der Waals surface area contributed by atoms with Gasteiger partial charge < -0.3 is 10.2 Å². The third-order valence-electron chi connectivity index (χ3n) is 4.57. The first-order chi connectivity index (χ1) is 12.5. The van der Waals surface area contributed by atoms with Gasteiger partial charge in [-0.25, -0.2) is 4.39 Å². The minimum Gasteiger partial charge on any atom is -0.351 e. The maximum atomic E-state index is 13.8. The van der Waals surface area contributed by atoms with Gasteiger partial charge in [-0.2, -0.15) is 0 Å². The van der Waals surface area contributed by atoms with E-state index in [9.17, 15) is 4.39 Å². The first-order valence-electron chi connectivity index (χ1n) is 8.38. The van der Waals surface area contributed by atoms with E-state index in [1.165, 1.54) is 15.8 Å². The molecule has 1 fully saturated rings. The molecule has 132 valence electrons. The summed E-state index contributed by atoms with van der Waals surface area (Å²) in [6, 6.07) is 15.2. The summed E-state index contributed by atoms with van der Waals surface area (Å²) in [7, 11) is 0. The zero-order valence-electron chi connectivity index (χ0n) is 14.4. The van der Waals surface area contributed by atoms with E-state index in [2.05, 4.69) is 34.3 Å². The molecule has 3 heterocycles. The van der Waals surface area contributed by atoms with Crippen LogP contribution in [0.3, 0.4) is 0 Å². The predicted octanol–water partition coefficient (Wildman–Crippen LogP) is 5.08. The molecule has 3 aromatic rings. The number of pyridine rings is 1. The van der Waals surface area contributed by atoms with Gasteiger partial charge in [0.25, 0.3) is 0 Å². The highest BCUT2D eigenvalue weighted by atomic mass is 32.1. The summed E-state index contributed by atoms with van der Waals surface area (Å²) in [4.78, 5) is 9.05. The number of benzene rings is 1. The SMILES string of the molecule is Cc1ccc([C@H]2[C@H](c3ccccn3)NC(=S)N2c2ccc(F)c(C)c2)s1. The number of rotatable bonds is 3. The van der Waals surface area contributed by atoms with Crippen LogP contribution in [0.15, 0.2) is 54.7 Å². The van der Waals surface area contributed by atoms with E-state index in [-0.39, 0.29) is 17.9 Å². The molecule has 0 unspecified atom stereocenters. The molecule has 26 heavy (non-hydrogen) atoms. The molecule has 0 spiro atoms. The molecule has 1 aliphatic rings. The monoisotopic (exact) mass is 383 g/mol. The van der Waals surface area contributed by atoms with Gasteiger partial charge in [0, 0.05) is 21.6 Å². The maximum Gasteiger partial charge on any atom is 0.174 e. The topological polar surface area (TPSA) is 28.2 Å². The van der Waals surface area contributed by atoms with Gasteiger partial charge in [0.1, 0.15) is 5.82 Å². The number of hydrogen-bond donors (Lipinski definition) is 1. The molecule has 1 N–H and O–H groups in total. The molecular formula is C20H18FN3S2. The average Bonchev–Trinajstić information content (AvgIpc) is 3.21. The molecule has 0 aliphatic carbocycles. The first-order valence-corrected chi connectivity index (χ1v) is 9.60. The van der Waals surface area contributed by atoms with E-state index in [1.54, 1.807) is 30.5 Å². The van der Waals surface area contributed by atoms with Crippen molar-refractivity contribution in [2.75, 3.05) is 4.90 Å². The predicted molar refractivity (Wildman–Crippen MR) is 108 cm³/mol. The second-order valence-electron chi connectivity index (χ2n) is 6.38. The van der Waals surface area contributed by atoms with Crippen LogP contribution in [0.1, 0.15) is 33.1 Å². The fraction of sp³-hybridized carbons (Fsp3) is 0.200. The van der Waals surface area contributed by atoms with Crippen LogP contribution < -0.4 is 10.2 Å². The maximum absolute atomic E-state index is 13.8. The molecule has 4 rings (SSSR count). The Kier molecular flexibility index (Phi) is 4.46. The van der Waals surface area contributed by atoms with Crippen LogP contribution in [0.2, 0.25) is 0 Å². The summed E-state index contributed by atoms with van der Waals surface area (Å²) < 4.78 is 13.8. The van der Waals surface area contributed by atoms with Crippen molar-refractivity contribution < 1.29 is 4.39 Å². The van der Waals surface area contributed by atoms with Crippen molar-refractivity contribution in [3.63, 3.8) is 0 Å². The number of nitrogens with one attached hydrogen (secondary N) is 1. The Hall–Kier alpha value is -2.31. The molecule has 0 saturated carbocycles. The van der Waals surface area contributed by atoms with Crippen molar-refractivity contribution in [2.24, 2.45) is 0 Å². The lowest BCUT2D eigenvalue weighted by Gasteiger charge is -2.27. The Labute approximate surface area is 161 Å². The number of halogens is 1. The van der Waals surface area contributed by atoms with Gasteiger partial charge in [0.05, 0.1) is 17.8 Å². The lowest BCUT2D eigenvalue weighted by atomic mass is 10.0. The van der Waals surface area contributed by atoms with E-state index in [4.69, 9.17) is 12.2 Å². The molecule has 1 aliphatic heterocycles. The van der Waals surface area contributed by atoms with Gasteiger partial charge in [-0.1, -0.05) is 6.07 Å². The van der Waals surface area contributed by atoms with Crippen molar-refractivity contribution in [1.29, 1.82) is 0 Å². The molecule has 0 bridgehead atoms. The Balaban J connectivity index is 1.83. The first kappa shape index (κ1) is 17.1. The van der Waals surface area contributed by atoms with Crippen molar-refractivity contribution in [3.8, 4) is 0 Å². The van der Waals surface area contributed by atoms with Crippen molar-refractivity contribution in [3.05, 3.63) is 81.6 Å². The van der Waals surface area contributed by atoms with Gasteiger partial charge >= 0.3 is 0 Å². The molecular weight excluding hydrogens is 365 g/mol. The van der Waals surface area contributed by atoms with Gasteiger partial charge in [-0.15, -0.1) is 11.3 Å². The molecule has 0 radical (unpaired) electrons. The van der Waals surface area contributed by atoms with Crippen LogP contribution in [0.25, 0.3) is 0 Å². The fourth-order valence-corrected chi connectivity index (χ4v) is 4.67. The van der Waals surface area contributed by atoms with Crippen LogP contribution in [-0.2, 0) is 0 Å². The molecule has 0 amide bonds. The smallest absolute Gasteiger partial charge is 0.174 e. The van der Waals surface area contributed by atoms with E-state index in [0.717, 1.165) is 11.4 Å². The third kappa shape index (κ3) is 2.99. The molecule has 6 heteroatoms. The molecule has 2 aromatic heterocycles. The second-order valence-corrected chi connectivity index (χ2v) is 8.08. The van der Waals surface area contributed by atoms with Crippen LogP contribution in [0, 0.1) is 19.7 Å². The van der Waals surface area contributed by atoms with Crippen LogP contribution in [0.4, 0.5) is 10.1 Å². The second kappa shape index (κ2) is 6.78. The quantitative estimate of drug-likeness (QED) is 0.639. The normalized spacial score (nSPS) is 19.7. The summed E-state index contributed by atoms with van der Waals surface area (Å²) in [5, 5.41) is 4.05. The lowest BCUT2D eigenvalue weighted by Crippen LogP contribution is -2.29. The van der Waals surface area contributed by atoms with E-state index in [0.29, 0.717) is 10.7 Å². The van der Waals surface area contributed by atoms with E-state index < -0.39 is 0 Å². The Morgan fingerprint density at radius 1 is 1.15 bits per heavy atom. The largest absolute Gasteiger partial charge is 0.351 e. The minimum atomic E-state index is -0.211. The van der Waals surface area contributed by atoms with Gasteiger partial charge in [-0.05, 0) is 74.1 Å². The number of thiocarbonyl (C=S) groups is 1. The lowest BCUT2D eigenvalue weighted by molar-refractivity contribution is 0.574. The van der Waals surface area contributed by atoms with Crippen molar-refractivity contribution in [1.82, 2.24) is 10.3 Å². The Morgan fingerprint density at radius 2 is 2.00 bits per heavy atom. The number of anilines is 1. The van der Waals surface area contributed by atoms with Crippen molar-refractivity contribution >= 4 is 34.4 Å². The van der Waals surface area contributed by atoms with Gasteiger partial charge in [-0.3, -0.25) is 4.98 Å². The van der Waals surface area contributed by atoms with Crippen molar-refractivity contribution in [2.45, 2.75) is 25.9 Å². The van der Waals surface area contributed by atoms with Gasteiger partial charge in [0.15, 0.2) is 5.11 Å². The molecule has 3 nitrogen and oxygen atoms in total. The van der Waals surface area contributed by atoms with E-state index in [1.807, 2.05) is 24.3 Å². The van der Waals surface area contributed by atoms with E-state index >= 15 is 0 Å². The summed E-state index contributed by atoms with van der Waals surface area (Å²) in [5.41, 5.74) is 2.43. The number of hydrogen-bond acceptors (Lipinski definition) is 3. The zero-order chi connectivity index (χ0) is 18.3. The summed E-state index contributed by atoms with van der Waals surface area (Å²) >= 11 is 7.41. The molecule has 1 saturated heterocycles. The highest BCUT2D eigenvalue weighted by Gasteiger charge is 2.41. The summed E-state index contributed by atoms with van der Waals surface area (Å²) in [6.45, 7) is 3.86. The highest BCUT2D eigenvalue weighted by Crippen LogP contribution is 2.43. The summed E-state index contributed by atoms with van der Waals surface area (Å²) in [6.07, 6.45) is 1.79. The van der Waals surface area contributed by atoms with Crippen LogP contribution in [0.5, 0.6) is 0 Å². The third-order valence-corrected chi connectivity index (χ3v) is 5.96. The number of nitrogens with zero attached hydrogens (tertiary/aromatic N) is 2. The minimum absolute atomic E-state index is 0.0269. The molecule has 1 aromatic carbocycles. The standard InChI is InChI=1S/C20H18FN3S2/c1-12-11-14(7-8-15(12)21)24-19(17-9-6-13(2)26-17)18(23-20(24)25)16-5-3-4-10-22-16/h3-11,18-19H,1-2H3,(H,23,25)/t18-,19-/m0/s1. The molecule has 2 atom stereocenters. The van der Waals surface area contributed by atoms with Crippen LogP contribution in [-0.4, -0.2) is 10.1 Å². The number of thiophene rings is 1. The Morgan fingerprint density at radius 3 is 2.65 bits per heavy atom. The summed E-state index contributed by atoms with van der Waals surface area (Å²) in [5.74, 6) is -0.211. The highest BCUT2D eigenvalue weighted by molar-refractivity contribution is 7.80. The fourth-order valence-electron chi connectivity index (χ4n) is 3.31. The zero-order valence-corrected chi connectivity index (χ0v) is 16.1. The van der Waals surface area contributed by atoms with Crippen LogP contribution >= 0.6 is 23.6 Å². The van der Waals surface area contributed by atoms with Gasteiger partial charge in [0.2, 0.25) is 0 Å². The average molecular weight is 384 g/mol.